The third-order valence-electron chi connectivity index (χ3n) is 5.96. The van der Waals surface area contributed by atoms with Crippen molar-refractivity contribution in [2.45, 2.75) is 31.0 Å². The van der Waals surface area contributed by atoms with Gasteiger partial charge in [-0.05, 0) is 41.7 Å². The first-order valence-corrected chi connectivity index (χ1v) is 8.53. The van der Waals surface area contributed by atoms with E-state index in [9.17, 15) is 9.90 Å². The van der Waals surface area contributed by atoms with Crippen LogP contribution in [0.3, 0.4) is 0 Å². The number of fused-ring (bicyclic) bond motifs is 3. The second-order valence-corrected chi connectivity index (χ2v) is 6.98. The molecule has 1 N–H and O–H groups in total. The summed E-state index contributed by atoms with van der Waals surface area (Å²) >= 11 is 0. The normalized spacial score (nSPS) is 35.6. The van der Waals surface area contributed by atoms with Crippen molar-refractivity contribution < 1.29 is 24.1 Å². The summed E-state index contributed by atoms with van der Waals surface area (Å²) in [5.74, 6) is 0.608. The average molecular weight is 342 g/mol. The number of aliphatic hydroxyl groups excluding tert-OH is 1. The molecule has 1 heterocycles. The molecule has 1 aliphatic heterocycles. The monoisotopic (exact) mass is 342 g/mol. The fraction of sp³-hybridized carbons (Fsp3) is 0.450. The Bertz CT molecular complexity index is 767. The van der Waals surface area contributed by atoms with E-state index in [-0.39, 0.29) is 24.4 Å². The van der Waals surface area contributed by atoms with E-state index < -0.39 is 17.6 Å². The van der Waals surface area contributed by atoms with Gasteiger partial charge >= 0.3 is 0 Å². The first kappa shape index (κ1) is 16.4. The summed E-state index contributed by atoms with van der Waals surface area (Å²) in [7, 11) is 1.59. The summed E-state index contributed by atoms with van der Waals surface area (Å²) in [5.41, 5.74) is 0.765. The highest BCUT2D eigenvalue weighted by Gasteiger charge is 2.63. The maximum absolute atomic E-state index is 13.0. The highest BCUT2D eigenvalue weighted by molar-refractivity contribution is 6.00. The number of aliphatic hydroxyl groups is 1. The molecule has 5 nitrogen and oxygen atoms in total. The highest BCUT2D eigenvalue weighted by Crippen LogP contribution is 2.56. The topological polar surface area (TPSA) is 65.0 Å². The molecule has 2 aliphatic carbocycles. The van der Waals surface area contributed by atoms with Crippen LogP contribution in [0.25, 0.3) is 0 Å². The van der Waals surface area contributed by atoms with Crippen LogP contribution in [0.4, 0.5) is 0 Å². The summed E-state index contributed by atoms with van der Waals surface area (Å²) in [5, 5.41) is 10.9. The first-order chi connectivity index (χ1) is 12.0. The van der Waals surface area contributed by atoms with E-state index in [0.717, 1.165) is 5.56 Å². The lowest BCUT2D eigenvalue weighted by Crippen LogP contribution is -2.48. The number of ether oxygens (including phenoxy) is 3. The van der Waals surface area contributed by atoms with E-state index >= 15 is 0 Å². The van der Waals surface area contributed by atoms with Gasteiger partial charge in [0.2, 0.25) is 6.79 Å². The molecule has 5 heteroatoms. The summed E-state index contributed by atoms with van der Waals surface area (Å²) < 4.78 is 16.7. The van der Waals surface area contributed by atoms with E-state index in [0.29, 0.717) is 23.5 Å². The molecule has 25 heavy (non-hydrogen) atoms. The van der Waals surface area contributed by atoms with Gasteiger partial charge in [0.15, 0.2) is 17.3 Å². The van der Waals surface area contributed by atoms with Crippen LogP contribution in [0.1, 0.15) is 24.8 Å². The van der Waals surface area contributed by atoms with Gasteiger partial charge in [0.25, 0.3) is 0 Å². The third-order valence-corrected chi connectivity index (χ3v) is 5.96. The molecule has 1 aromatic rings. The van der Waals surface area contributed by atoms with Gasteiger partial charge in [-0.15, -0.1) is 6.58 Å². The van der Waals surface area contributed by atoms with Gasteiger partial charge in [-0.1, -0.05) is 19.1 Å². The molecule has 0 spiro atoms. The number of ketones is 1. The molecule has 1 fully saturated rings. The smallest absolute Gasteiger partial charge is 0.231 e. The Kier molecular flexibility index (Phi) is 3.74. The SMILES string of the molecule is C=CCC1=C[C@]2(OC)[C@H](C)[C@@H](c3ccc4c(c3)OCO4)[C@H](C1=O)[C@H]2O. The number of hydrogen-bond acceptors (Lipinski definition) is 5. The average Bonchev–Trinajstić information content (AvgIpc) is 3.13. The van der Waals surface area contributed by atoms with E-state index in [1.807, 2.05) is 31.2 Å². The van der Waals surface area contributed by atoms with Gasteiger partial charge in [-0.3, -0.25) is 4.79 Å². The molecule has 0 unspecified atom stereocenters. The van der Waals surface area contributed by atoms with E-state index in [4.69, 9.17) is 14.2 Å². The van der Waals surface area contributed by atoms with E-state index in [2.05, 4.69) is 6.58 Å². The van der Waals surface area contributed by atoms with Crippen molar-refractivity contribution in [2.24, 2.45) is 11.8 Å². The molecule has 0 saturated heterocycles. The van der Waals surface area contributed by atoms with Gasteiger partial charge < -0.3 is 19.3 Å². The number of carbonyl (C=O) groups is 1. The molecule has 2 bridgehead atoms. The van der Waals surface area contributed by atoms with Crippen molar-refractivity contribution >= 4 is 5.78 Å². The lowest BCUT2D eigenvalue weighted by molar-refractivity contribution is -0.130. The predicted molar refractivity (Wildman–Crippen MR) is 91.6 cm³/mol. The Morgan fingerprint density at radius 3 is 2.84 bits per heavy atom. The van der Waals surface area contributed by atoms with Crippen LogP contribution < -0.4 is 9.47 Å². The molecule has 4 rings (SSSR count). The molecule has 1 aromatic carbocycles. The lowest BCUT2D eigenvalue weighted by Gasteiger charge is -2.36. The Morgan fingerprint density at radius 2 is 2.12 bits per heavy atom. The van der Waals surface area contributed by atoms with Gasteiger partial charge in [0.1, 0.15) is 5.60 Å². The lowest BCUT2D eigenvalue weighted by atomic mass is 9.79. The number of hydrogen-bond donors (Lipinski definition) is 1. The molecule has 0 amide bonds. The van der Waals surface area contributed by atoms with Crippen molar-refractivity contribution in [3.8, 4) is 11.5 Å². The molecule has 5 atom stereocenters. The van der Waals surface area contributed by atoms with Crippen LogP contribution in [-0.2, 0) is 9.53 Å². The predicted octanol–water partition coefficient (Wildman–Crippen LogP) is 2.60. The number of Topliss-reactive ketones (excluding diaryl/α,β-unsaturated/α-hetero) is 1. The number of methoxy groups -OCH3 is 1. The van der Waals surface area contributed by atoms with Crippen molar-refractivity contribution in [3.05, 3.63) is 48.1 Å². The Labute approximate surface area is 146 Å². The zero-order valence-electron chi connectivity index (χ0n) is 14.4. The Hall–Kier alpha value is -2.11. The van der Waals surface area contributed by atoms with Gasteiger partial charge in [-0.25, -0.2) is 0 Å². The van der Waals surface area contributed by atoms with Crippen LogP contribution >= 0.6 is 0 Å². The fourth-order valence-corrected chi connectivity index (χ4v) is 4.72. The minimum atomic E-state index is -0.871. The quantitative estimate of drug-likeness (QED) is 0.852. The maximum Gasteiger partial charge on any atom is 0.231 e. The minimum Gasteiger partial charge on any atom is -0.454 e. The summed E-state index contributed by atoms with van der Waals surface area (Å²) in [6.45, 7) is 5.97. The van der Waals surface area contributed by atoms with E-state index in [1.54, 1.807) is 13.2 Å². The number of carbonyl (C=O) groups excluding carboxylic acids is 1. The summed E-state index contributed by atoms with van der Waals surface area (Å²) in [6.07, 6.45) is 3.14. The van der Waals surface area contributed by atoms with Crippen molar-refractivity contribution in [2.75, 3.05) is 13.9 Å². The molecule has 0 radical (unpaired) electrons. The van der Waals surface area contributed by atoms with Gasteiger partial charge in [0, 0.05) is 13.0 Å². The molecule has 3 aliphatic rings. The van der Waals surface area contributed by atoms with Crippen molar-refractivity contribution in [1.29, 1.82) is 0 Å². The van der Waals surface area contributed by atoms with Crippen molar-refractivity contribution in [1.82, 2.24) is 0 Å². The summed E-state index contributed by atoms with van der Waals surface area (Å²) in [4.78, 5) is 13.0. The van der Waals surface area contributed by atoms with Crippen LogP contribution in [0.15, 0.2) is 42.5 Å². The van der Waals surface area contributed by atoms with Crippen LogP contribution in [-0.4, -0.2) is 36.5 Å². The van der Waals surface area contributed by atoms with E-state index in [1.165, 1.54) is 0 Å². The van der Waals surface area contributed by atoms with Crippen LogP contribution in [0.5, 0.6) is 11.5 Å². The number of allylic oxidation sites excluding steroid dienone is 2. The summed E-state index contributed by atoms with van der Waals surface area (Å²) in [6, 6.07) is 5.73. The van der Waals surface area contributed by atoms with Gasteiger partial charge in [0.05, 0.1) is 12.0 Å². The maximum atomic E-state index is 13.0. The molecule has 1 saturated carbocycles. The van der Waals surface area contributed by atoms with Gasteiger partial charge in [-0.2, -0.15) is 0 Å². The Balaban J connectivity index is 1.81. The zero-order valence-corrected chi connectivity index (χ0v) is 14.4. The first-order valence-electron chi connectivity index (χ1n) is 8.53. The molecule has 0 aromatic heterocycles. The minimum absolute atomic E-state index is 0.0212. The molecular formula is C20H22O5. The van der Waals surface area contributed by atoms with Crippen LogP contribution in [0, 0.1) is 11.8 Å². The standard InChI is InChI=1S/C20H22O5/c1-4-5-13-9-20(23-3)11(2)16(17(18(13)21)19(20)22)12-6-7-14-15(8-12)25-10-24-14/h4,6-9,11,16-17,19,22H,1,5,10H2,2-3H3/t11-,16+,17-,19-,20+/m1/s1. The third kappa shape index (κ3) is 2.12. The zero-order chi connectivity index (χ0) is 17.8. The molecular weight excluding hydrogens is 320 g/mol. The second-order valence-electron chi connectivity index (χ2n) is 6.98. The number of benzene rings is 1. The fourth-order valence-electron chi connectivity index (χ4n) is 4.72. The second kappa shape index (κ2) is 5.71. The van der Waals surface area contributed by atoms with Crippen molar-refractivity contribution in [3.63, 3.8) is 0 Å². The highest BCUT2D eigenvalue weighted by atomic mass is 16.7. The largest absolute Gasteiger partial charge is 0.454 e. The van der Waals surface area contributed by atoms with Crippen LogP contribution in [0.2, 0.25) is 0 Å². The Morgan fingerprint density at radius 1 is 1.36 bits per heavy atom. The number of rotatable bonds is 4. The molecule has 132 valence electrons.